The number of carbonyl (C=O) groups is 1. The monoisotopic (exact) mass is 290 g/mol. The van der Waals surface area contributed by atoms with Crippen LogP contribution in [0.2, 0.25) is 0 Å². The molecule has 0 spiro atoms. The second-order valence-electron chi connectivity index (χ2n) is 5.50. The maximum absolute atomic E-state index is 12.8. The number of fused-ring (bicyclic) bond motifs is 1. The lowest BCUT2D eigenvalue weighted by molar-refractivity contribution is 0.0691. The molecule has 5 nitrogen and oxygen atoms in total. The zero-order valence-corrected chi connectivity index (χ0v) is 12.4. The molecule has 1 atom stereocenters. The van der Waals surface area contributed by atoms with Gasteiger partial charge in [0, 0.05) is 24.7 Å². The van der Waals surface area contributed by atoms with Crippen LogP contribution in [0.5, 0.6) is 11.5 Å². The molecular weight excluding hydrogens is 268 g/mol. The highest BCUT2D eigenvalue weighted by molar-refractivity contribution is 5.95. The summed E-state index contributed by atoms with van der Waals surface area (Å²) >= 11 is 0. The molecule has 21 heavy (non-hydrogen) atoms. The lowest BCUT2D eigenvalue weighted by Gasteiger charge is -2.29. The van der Waals surface area contributed by atoms with Gasteiger partial charge in [0.15, 0.2) is 11.5 Å². The highest BCUT2D eigenvalue weighted by Crippen LogP contribution is 2.31. The normalized spacial score (nSPS) is 20.3. The van der Waals surface area contributed by atoms with Gasteiger partial charge in [-0.2, -0.15) is 0 Å². The number of amides is 1. The second-order valence-corrected chi connectivity index (χ2v) is 5.50. The molecule has 0 aromatic heterocycles. The van der Waals surface area contributed by atoms with Crippen LogP contribution in [-0.4, -0.2) is 49.7 Å². The van der Waals surface area contributed by atoms with Crippen molar-refractivity contribution in [3.05, 3.63) is 23.8 Å². The third-order valence-corrected chi connectivity index (χ3v) is 3.99. The molecule has 0 bridgehead atoms. The SMILES string of the molecule is CCCN(C(=O)c1ccc2c(c1)OCCO2)C1CCNC1. The topological polar surface area (TPSA) is 50.8 Å². The first-order chi connectivity index (χ1) is 10.3. The highest BCUT2D eigenvalue weighted by atomic mass is 16.6. The summed E-state index contributed by atoms with van der Waals surface area (Å²) in [6, 6.07) is 5.77. The van der Waals surface area contributed by atoms with E-state index in [0.717, 1.165) is 38.2 Å². The molecule has 1 N–H and O–H groups in total. The molecule has 3 rings (SSSR count). The molecule has 114 valence electrons. The Bertz CT molecular complexity index is 512. The van der Waals surface area contributed by atoms with Crippen molar-refractivity contribution >= 4 is 5.91 Å². The summed E-state index contributed by atoms with van der Waals surface area (Å²) in [5, 5.41) is 3.33. The first-order valence-electron chi connectivity index (χ1n) is 7.71. The third-order valence-electron chi connectivity index (χ3n) is 3.99. The van der Waals surface area contributed by atoms with E-state index in [1.54, 1.807) is 0 Å². The lowest BCUT2D eigenvalue weighted by Crippen LogP contribution is -2.42. The maximum atomic E-state index is 12.8. The summed E-state index contributed by atoms with van der Waals surface area (Å²) in [6.45, 7) is 5.87. The summed E-state index contributed by atoms with van der Waals surface area (Å²) in [5.74, 6) is 1.48. The Morgan fingerprint density at radius 3 is 2.86 bits per heavy atom. The molecule has 1 amide bonds. The molecule has 1 aromatic rings. The maximum Gasteiger partial charge on any atom is 0.254 e. The van der Waals surface area contributed by atoms with Crippen LogP contribution in [0.25, 0.3) is 0 Å². The van der Waals surface area contributed by atoms with Crippen molar-refractivity contribution in [3.63, 3.8) is 0 Å². The Labute approximate surface area is 125 Å². The number of ether oxygens (including phenoxy) is 2. The minimum absolute atomic E-state index is 0.0857. The van der Waals surface area contributed by atoms with Gasteiger partial charge in [-0.25, -0.2) is 0 Å². The van der Waals surface area contributed by atoms with Crippen molar-refractivity contribution in [2.45, 2.75) is 25.8 Å². The molecule has 1 aromatic carbocycles. The predicted octanol–water partition coefficient (Wildman–Crippen LogP) is 1.67. The van der Waals surface area contributed by atoms with Crippen LogP contribution >= 0.6 is 0 Å². The van der Waals surface area contributed by atoms with Crippen LogP contribution in [0.1, 0.15) is 30.1 Å². The molecule has 5 heteroatoms. The van der Waals surface area contributed by atoms with Gasteiger partial charge >= 0.3 is 0 Å². The fourth-order valence-corrected chi connectivity index (χ4v) is 2.94. The van der Waals surface area contributed by atoms with Crippen molar-refractivity contribution in [3.8, 4) is 11.5 Å². The van der Waals surface area contributed by atoms with E-state index in [1.165, 1.54) is 0 Å². The average Bonchev–Trinajstić information content (AvgIpc) is 3.05. The van der Waals surface area contributed by atoms with Crippen LogP contribution in [-0.2, 0) is 0 Å². The highest BCUT2D eigenvalue weighted by Gasteiger charge is 2.27. The summed E-state index contributed by atoms with van der Waals surface area (Å²) in [4.78, 5) is 14.8. The average molecular weight is 290 g/mol. The number of nitrogens with zero attached hydrogens (tertiary/aromatic N) is 1. The Hall–Kier alpha value is -1.75. The molecule has 2 aliphatic heterocycles. The fraction of sp³-hybridized carbons (Fsp3) is 0.562. The van der Waals surface area contributed by atoms with Gasteiger partial charge in [-0.05, 0) is 37.6 Å². The van der Waals surface area contributed by atoms with E-state index in [4.69, 9.17) is 9.47 Å². The molecule has 1 fully saturated rings. The summed E-state index contributed by atoms with van der Waals surface area (Å²) < 4.78 is 11.1. The van der Waals surface area contributed by atoms with Crippen molar-refractivity contribution in [2.24, 2.45) is 0 Å². The smallest absolute Gasteiger partial charge is 0.254 e. The summed E-state index contributed by atoms with van der Waals surface area (Å²) in [7, 11) is 0. The van der Waals surface area contributed by atoms with E-state index >= 15 is 0 Å². The van der Waals surface area contributed by atoms with Crippen molar-refractivity contribution in [1.82, 2.24) is 10.2 Å². The van der Waals surface area contributed by atoms with E-state index in [1.807, 2.05) is 23.1 Å². The zero-order chi connectivity index (χ0) is 14.7. The third kappa shape index (κ3) is 2.97. The molecule has 2 aliphatic rings. The lowest BCUT2D eigenvalue weighted by atomic mass is 10.1. The van der Waals surface area contributed by atoms with Crippen molar-refractivity contribution in [2.75, 3.05) is 32.8 Å². The van der Waals surface area contributed by atoms with Crippen molar-refractivity contribution < 1.29 is 14.3 Å². The number of rotatable bonds is 4. The number of hydrogen-bond acceptors (Lipinski definition) is 4. The molecular formula is C16H22N2O3. The van der Waals surface area contributed by atoms with Gasteiger partial charge in [-0.15, -0.1) is 0 Å². The molecule has 0 saturated carbocycles. The first-order valence-corrected chi connectivity index (χ1v) is 7.71. The van der Waals surface area contributed by atoms with E-state index in [2.05, 4.69) is 12.2 Å². The second kappa shape index (κ2) is 6.35. The van der Waals surface area contributed by atoms with Gasteiger partial charge in [-0.3, -0.25) is 4.79 Å². The number of hydrogen-bond donors (Lipinski definition) is 1. The number of benzene rings is 1. The minimum atomic E-state index is 0.0857. The van der Waals surface area contributed by atoms with Gasteiger partial charge < -0.3 is 19.7 Å². The molecule has 2 heterocycles. The Balaban J connectivity index is 1.81. The fourth-order valence-electron chi connectivity index (χ4n) is 2.94. The van der Waals surface area contributed by atoms with E-state index in [0.29, 0.717) is 30.6 Å². The van der Waals surface area contributed by atoms with E-state index in [-0.39, 0.29) is 5.91 Å². The first kappa shape index (κ1) is 14.2. The van der Waals surface area contributed by atoms with Crippen LogP contribution < -0.4 is 14.8 Å². The van der Waals surface area contributed by atoms with Crippen LogP contribution in [0, 0.1) is 0 Å². The minimum Gasteiger partial charge on any atom is -0.486 e. The van der Waals surface area contributed by atoms with E-state index < -0.39 is 0 Å². The molecule has 1 saturated heterocycles. The van der Waals surface area contributed by atoms with Gasteiger partial charge in [-0.1, -0.05) is 6.92 Å². The molecule has 1 unspecified atom stereocenters. The van der Waals surface area contributed by atoms with Gasteiger partial charge in [0.2, 0.25) is 0 Å². The zero-order valence-electron chi connectivity index (χ0n) is 12.4. The van der Waals surface area contributed by atoms with Crippen LogP contribution in [0.4, 0.5) is 0 Å². The van der Waals surface area contributed by atoms with Crippen LogP contribution in [0.15, 0.2) is 18.2 Å². The largest absolute Gasteiger partial charge is 0.486 e. The quantitative estimate of drug-likeness (QED) is 0.916. The summed E-state index contributed by atoms with van der Waals surface area (Å²) in [5.41, 5.74) is 0.680. The molecule has 0 aliphatic carbocycles. The van der Waals surface area contributed by atoms with E-state index in [9.17, 15) is 4.79 Å². The number of nitrogens with one attached hydrogen (secondary N) is 1. The Morgan fingerprint density at radius 1 is 1.33 bits per heavy atom. The standard InChI is InChI=1S/C16H22N2O3/c1-2-7-18(13-5-6-17-11-13)16(19)12-3-4-14-15(10-12)21-9-8-20-14/h3-4,10,13,17H,2,5-9,11H2,1H3. The van der Waals surface area contributed by atoms with Gasteiger partial charge in [0.1, 0.15) is 13.2 Å². The molecule has 0 radical (unpaired) electrons. The summed E-state index contributed by atoms with van der Waals surface area (Å²) in [6.07, 6.45) is 1.99. The Morgan fingerprint density at radius 2 is 2.14 bits per heavy atom. The Kier molecular flexibility index (Phi) is 4.29. The van der Waals surface area contributed by atoms with Crippen molar-refractivity contribution in [1.29, 1.82) is 0 Å². The van der Waals surface area contributed by atoms with Gasteiger partial charge in [0.25, 0.3) is 5.91 Å². The van der Waals surface area contributed by atoms with Crippen LogP contribution in [0.3, 0.4) is 0 Å². The predicted molar refractivity (Wildman–Crippen MR) is 80.0 cm³/mol. The number of carbonyl (C=O) groups excluding carboxylic acids is 1. The van der Waals surface area contributed by atoms with Gasteiger partial charge in [0.05, 0.1) is 0 Å².